The number of carbonyl (C=O) groups is 1. The second-order valence-corrected chi connectivity index (χ2v) is 7.75. The molecule has 1 fully saturated rings. The average molecular weight is 398 g/mol. The number of nitrogens with zero attached hydrogens (tertiary/aromatic N) is 3. The highest BCUT2D eigenvalue weighted by atomic mass is 32.1. The van der Waals surface area contributed by atoms with Gasteiger partial charge in [0.25, 0.3) is 5.91 Å². The number of piperazine rings is 1. The Morgan fingerprint density at radius 1 is 1.04 bits per heavy atom. The summed E-state index contributed by atoms with van der Waals surface area (Å²) in [5.74, 6) is 1.02. The van der Waals surface area contributed by atoms with Crippen LogP contribution in [0.1, 0.15) is 15.9 Å². The van der Waals surface area contributed by atoms with E-state index in [-0.39, 0.29) is 5.91 Å². The molecule has 2 aromatic carbocycles. The van der Waals surface area contributed by atoms with Crippen LogP contribution in [0.4, 0.5) is 5.13 Å². The largest absolute Gasteiger partial charge is 0.493 e. The first-order chi connectivity index (χ1) is 13.6. The van der Waals surface area contributed by atoms with E-state index in [1.54, 1.807) is 37.7 Å². The zero-order valence-corrected chi connectivity index (χ0v) is 17.1. The number of para-hydroxylation sites is 2. The van der Waals surface area contributed by atoms with Crippen LogP contribution < -0.4 is 14.4 Å². The Kier molecular flexibility index (Phi) is 5.09. The molecule has 0 unspecified atom stereocenters. The van der Waals surface area contributed by atoms with Crippen molar-refractivity contribution < 1.29 is 14.3 Å². The minimum atomic E-state index is -0.0319. The van der Waals surface area contributed by atoms with Crippen molar-refractivity contribution >= 4 is 32.6 Å². The van der Waals surface area contributed by atoms with Gasteiger partial charge in [-0.15, -0.1) is 0 Å². The number of carbonyl (C=O) groups excluding carboxylic acids is 1. The van der Waals surface area contributed by atoms with Crippen LogP contribution in [-0.2, 0) is 0 Å². The molecule has 0 saturated carbocycles. The number of thiazole rings is 1. The predicted octanol–water partition coefficient (Wildman–Crippen LogP) is 3.58. The molecule has 1 saturated heterocycles. The van der Waals surface area contributed by atoms with Crippen molar-refractivity contribution in [3.63, 3.8) is 0 Å². The number of anilines is 1. The zero-order chi connectivity index (χ0) is 19.7. The Balaban J connectivity index is 1.49. The quantitative estimate of drug-likeness (QED) is 0.674. The Bertz CT molecular complexity index is 1010. The van der Waals surface area contributed by atoms with Crippen LogP contribution in [0, 0.1) is 6.92 Å². The van der Waals surface area contributed by atoms with Gasteiger partial charge < -0.3 is 19.3 Å². The monoisotopic (exact) mass is 397 g/mol. The summed E-state index contributed by atoms with van der Waals surface area (Å²) in [5.41, 5.74) is 2.80. The Labute approximate surface area is 168 Å². The Morgan fingerprint density at radius 3 is 2.46 bits per heavy atom. The Hall–Kier alpha value is -2.80. The molecule has 0 spiro atoms. The number of rotatable bonds is 4. The van der Waals surface area contributed by atoms with Crippen molar-refractivity contribution in [3.05, 3.63) is 47.5 Å². The summed E-state index contributed by atoms with van der Waals surface area (Å²) in [5, 5.41) is 1.02. The molecule has 7 heteroatoms. The minimum absolute atomic E-state index is 0.0319. The third-order valence-corrected chi connectivity index (χ3v) is 6.16. The van der Waals surface area contributed by atoms with Crippen molar-refractivity contribution in [1.82, 2.24) is 9.88 Å². The van der Waals surface area contributed by atoms with Crippen molar-refractivity contribution in [3.8, 4) is 11.5 Å². The summed E-state index contributed by atoms with van der Waals surface area (Å²) in [6.07, 6.45) is 0. The standard InChI is InChI=1S/C21H23N3O3S/c1-14-6-4-9-17-18(14)22-21(28-17)24-12-10-23(11-13-24)20(25)15-7-5-8-16(26-2)19(15)27-3/h4-9H,10-13H2,1-3H3. The van der Waals surface area contributed by atoms with Gasteiger partial charge in [-0.25, -0.2) is 4.98 Å². The molecule has 1 aromatic heterocycles. The normalized spacial score (nSPS) is 14.4. The maximum atomic E-state index is 13.0. The summed E-state index contributed by atoms with van der Waals surface area (Å²) < 4.78 is 11.9. The molecular weight excluding hydrogens is 374 g/mol. The molecule has 1 amide bonds. The number of ether oxygens (including phenoxy) is 2. The molecule has 2 heterocycles. The lowest BCUT2D eigenvalue weighted by atomic mass is 10.1. The van der Waals surface area contributed by atoms with Crippen LogP contribution in [0.3, 0.4) is 0 Å². The summed E-state index contributed by atoms with van der Waals surface area (Å²) in [7, 11) is 3.13. The topological polar surface area (TPSA) is 54.9 Å². The smallest absolute Gasteiger partial charge is 0.257 e. The number of aryl methyl sites for hydroxylation is 1. The number of amides is 1. The number of benzene rings is 2. The first-order valence-electron chi connectivity index (χ1n) is 9.23. The van der Waals surface area contributed by atoms with E-state index in [9.17, 15) is 4.79 Å². The highest BCUT2D eigenvalue weighted by molar-refractivity contribution is 7.22. The maximum absolute atomic E-state index is 13.0. The van der Waals surface area contributed by atoms with E-state index in [2.05, 4.69) is 30.0 Å². The van der Waals surface area contributed by atoms with Gasteiger partial charge in [-0.2, -0.15) is 0 Å². The van der Waals surface area contributed by atoms with E-state index in [0.717, 1.165) is 23.7 Å². The van der Waals surface area contributed by atoms with Crippen molar-refractivity contribution in [2.45, 2.75) is 6.92 Å². The first-order valence-corrected chi connectivity index (χ1v) is 10.1. The average Bonchev–Trinajstić information content (AvgIpc) is 3.18. The van der Waals surface area contributed by atoms with E-state index in [1.165, 1.54) is 10.3 Å². The number of fused-ring (bicyclic) bond motifs is 1. The zero-order valence-electron chi connectivity index (χ0n) is 16.3. The minimum Gasteiger partial charge on any atom is -0.493 e. The molecule has 0 N–H and O–H groups in total. The van der Waals surface area contributed by atoms with Gasteiger partial charge >= 0.3 is 0 Å². The maximum Gasteiger partial charge on any atom is 0.257 e. The molecule has 146 valence electrons. The second-order valence-electron chi connectivity index (χ2n) is 6.74. The lowest BCUT2D eigenvalue weighted by molar-refractivity contribution is 0.0742. The molecule has 4 rings (SSSR count). The first kappa shape index (κ1) is 18.6. The van der Waals surface area contributed by atoms with Crippen LogP contribution in [0.5, 0.6) is 11.5 Å². The fourth-order valence-corrected chi connectivity index (χ4v) is 4.63. The van der Waals surface area contributed by atoms with E-state index >= 15 is 0 Å². The van der Waals surface area contributed by atoms with Gasteiger partial charge in [-0.05, 0) is 30.7 Å². The molecule has 0 bridgehead atoms. The van der Waals surface area contributed by atoms with Crippen LogP contribution in [0.2, 0.25) is 0 Å². The summed E-state index contributed by atoms with van der Waals surface area (Å²) in [4.78, 5) is 22.0. The summed E-state index contributed by atoms with van der Waals surface area (Å²) in [6, 6.07) is 11.7. The van der Waals surface area contributed by atoms with E-state index in [0.29, 0.717) is 30.2 Å². The molecule has 6 nitrogen and oxygen atoms in total. The number of hydrogen-bond donors (Lipinski definition) is 0. The lowest BCUT2D eigenvalue weighted by Gasteiger charge is -2.34. The Morgan fingerprint density at radius 2 is 1.79 bits per heavy atom. The molecule has 28 heavy (non-hydrogen) atoms. The van der Waals surface area contributed by atoms with E-state index in [4.69, 9.17) is 14.5 Å². The van der Waals surface area contributed by atoms with Gasteiger partial charge in [0.05, 0.1) is 30.0 Å². The molecule has 0 atom stereocenters. The molecule has 1 aliphatic heterocycles. The highest BCUT2D eigenvalue weighted by Gasteiger charge is 2.26. The lowest BCUT2D eigenvalue weighted by Crippen LogP contribution is -2.48. The van der Waals surface area contributed by atoms with E-state index < -0.39 is 0 Å². The fraction of sp³-hybridized carbons (Fsp3) is 0.333. The van der Waals surface area contributed by atoms with Crippen LogP contribution >= 0.6 is 11.3 Å². The van der Waals surface area contributed by atoms with Gasteiger partial charge in [0.1, 0.15) is 0 Å². The van der Waals surface area contributed by atoms with E-state index in [1.807, 2.05) is 11.0 Å². The third kappa shape index (κ3) is 3.26. The van der Waals surface area contributed by atoms with Gasteiger partial charge in [0, 0.05) is 26.2 Å². The van der Waals surface area contributed by atoms with Crippen molar-refractivity contribution in [2.24, 2.45) is 0 Å². The SMILES string of the molecule is COc1cccc(C(=O)N2CCN(c3nc4c(C)cccc4s3)CC2)c1OC. The summed E-state index contributed by atoms with van der Waals surface area (Å²) in [6.45, 7) is 4.90. The predicted molar refractivity (Wildman–Crippen MR) is 112 cm³/mol. The van der Waals surface area contributed by atoms with Crippen LogP contribution in [0.15, 0.2) is 36.4 Å². The molecule has 0 radical (unpaired) electrons. The van der Waals surface area contributed by atoms with Crippen LogP contribution in [0.25, 0.3) is 10.2 Å². The second kappa shape index (κ2) is 7.67. The van der Waals surface area contributed by atoms with Gasteiger partial charge in [0.2, 0.25) is 0 Å². The molecular formula is C21H23N3O3S. The van der Waals surface area contributed by atoms with Gasteiger partial charge in [-0.1, -0.05) is 29.5 Å². The van der Waals surface area contributed by atoms with Crippen molar-refractivity contribution in [2.75, 3.05) is 45.3 Å². The number of hydrogen-bond acceptors (Lipinski definition) is 6. The van der Waals surface area contributed by atoms with Gasteiger partial charge in [-0.3, -0.25) is 4.79 Å². The summed E-state index contributed by atoms with van der Waals surface area (Å²) >= 11 is 1.71. The fourth-order valence-electron chi connectivity index (χ4n) is 3.54. The number of aromatic nitrogens is 1. The molecule has 3 aromatic rings. The van der Waals surface area contributed by atoms with Gasteiger partial charge in [0.15, 0.2) is 16.6 Å². The molecule has 1 aliphatic rings. The van der Waals surface area contributed by atoms with Crippen molar-refractivity contribution in [1.29, 1.82) is 0 Å². The number of methoxy groups -OCH3 is 2. The highest BCUT2D eigenvalue weighted by Crippen LogP contribution is 2.33. The third-order valence-electron chi connectivity index (χ3n) is 5.08. The molecule has 0 aliphatic carbocycles. The van der Waals surface area contributed by atoms with Crippen LogP contribution in [-0.4, -0.2) is 56.2 Å².